The fraction of sp³-hybridized carbons (Fsp3) is 1.00. The van der Waals surface area contributed by atoms with Crippen molar-refractivity contribution in [1.82, 2.24) is 10.8 Å². The van der Waals surface area contributed by atoms with Crippen LogP contribution in [0, 0.1) is 0 Å². The molecule has 27 heavy (non-hydrogen) atoms. The second-order valence-corrected chi connectivity index (χ2v) is 5.01. The molecule has 6 aliphatic rings. The van der Waals surface area contributed by atoms with Crippen LogP contribution < -0.4 is 0 Å². The van der Waals surface area contributed by atoms with Gasteiger partial charge in [0.25, 0.3) is 10.8 Å². The van der Waals surface area contributed by atoms with Gasteiger partial charge in [0.15, 0.2) is 24.0 Å². The van der Waals surface area contributed by atoms with Crippen molar-refractivity contribution < 1.29 is 110 Å². The molecule has 6 rings (SSSR count). The molecule has 0 aromatic heterocycles. The van der Waals surface area contributed by atoms with E-state index in [4.69, 9.17) is 49.3 Å². The predicted molar refractivity (Wildman–Crippen MR) is 42.5 cm³/mol. The third-order valence-corrected chi connectivity index (χ3v) is 2.74. The maximum Gasteiger partial charge on any atom is 0.429 e. The molecule has 0 amide bonds. The summed E-state index contributed by atoms with van der Waals surface area (Å²) in [7, 11) is 2.73. The van der Waals surface area contributed by atoms with E-state index in [1.165, 1.54) is 0 Å². The van der Waals surface area contributed by atoms with Crippen LogP contribution in [0.5, 0.6) is 0 Å². The van der Waals surface area contributed by atoms with Crippen molar-refractivity contribution in [1.29, 1.82) is 0 Å². The maximum absolute atomic E-state index is 10.4. The summed E-state index contributed by atoms with van der Waals surface area (Å²) in [6.45, 7) is 0. The van der Waals surface area contributed by atoms with Gasteiger partial charge in [0.05, 0.1) is 9.88 Å². The van der Waals surface area contributed by atoms with E-state index in [0.29, 0.717) is 0 Å². The minimum Gasteiger partial charge on any atom is -0.0991 e. The fourth-order valence-corrected chi connectivity index (χ4v) is 2.00. The molecule has 0 aromatic carbocycles. The standard InChI is InChI=1S/C3H12N8O16/c1-6-16-4-17-7(2)19-5(18-6)21-11(15-3)26-9(13,22-6)24-8(12,20-4)25-10(14,23-7)27-11/h12-14H,1-3H3/q+6. The van der Waals surface area contributed by atoms with Gasteiger partial charge in [-0.25, -0.2) is 0 Å². The van der Waals surface area contributed by atoms with Crippen LogP contribution >= 0.6 is 0 Å². The van der Waals surface area contributed by atoms with Crippen molar-refractivity contribution in [3.8, 4) is 0 Å². The normalized spacial score (nSPS) is 62.4. The summed E-state index contributed by atoms with van der Waals surface area (Å²) in [6.07, 6.45) is 0. The van der Waals surface area contributed by atoms with Gasteiger partial charge in [-0.2, -0.15) is 0 Å². The Bertz CT molecular complexity index is 626. The number of hydrogen-bond acceptors (Lipinski definition) is 18. The summed E-state index contributed by atoms with van der Waals surface area (Å²) in [6, 6.07) is 0. The van der Waals surface area contributed by atoms with Gasteiger partial charge in [-0.15, -0.1) is 0 Å². The van der Waals surface area contributed by atoms with Gasteiger partial charge in [-0.1, -0.05) is 20.5 Å². The van der Waals surface area contributed by atoms with Crippen molar-refractivity contribution in [2.24, 2.45) is 0 Å². The van der Waals surface area contributed by atoms with Gasteiger partial charge in [0.2, 0.25) is 29.7 Å². The topological polar surface area (TPSA) is 187 Å². The van der Waals surface area contributed by atoms with Gasteiger partial charge in [-0.05, 0) is 0 Å². The van der Waals surface area contributed by atoms with Crippen LogP contribution in [0.1, 0.15) is 0 Å². The smallest absolute Gasteiger partial charge is 0.0991 e. The number of hydroxylamine groups is 6. The molecule has 24 heteroatoms. The first-order valence-corrected chi connectivity index (χ1v) is 6.47. The molecule has 6 heterocycles. The zero-order valence-electron chi connectivity index (χ0n) is 13.2. The van der Waals surface area contributed by atoms with Crippen LogP contribution in [0.4, 0.5) is 0 Å². The van der Waals surface area contributed by atoms with Crippen molar-refractivity contribution in [3.05, 3.63) is 0 Å². The molecule has 6 fully saturated rings. The van der Waals surface area contributed by atoms with Crippen LogP contribution in [0.3, 0.4) is 0 Å². The molecule has 154 valence electrons. The summed E-state index contributed by atoms with van der Waals surface area (Å²) in [5, 5.41) is 20.6. The lowest BCUT2D eigenvalue weighted by atomic mass is 11.4. The van der Waals surface area contributed by atoms with Crippen LogP contribution in [-0.4, -0.2) is 78.1 Å². The minimum atomic E-state index is -2.76. The highest BCUT2D eigenvalue weighted by molar-refractivity contribution is 3.70. The van der Waals surface area contributed by atoms with E-state index in [2.05, 4.69) is 14.8 Å². The summed E-state index contributed by atoms with van der Waals surface area (Å²) in [4.78, 5) is 59.2. The second-order valence-electron chi connectivity index (χ2n) is 5.01. The molecule has 0 spiro atoms. The Morgan fingerprint density at radius 2 is 1.04 bits per heavy atom. The predicted octanol–water partition coefficient (Wildman–Crippen LogP) is -3.29. The highest BCUT2D eigenvalue weighted by Crippen LogP contribution is 2.43. The van der Waals surface area contributed by atoms with E-state index < -0.39 is 30.5 Å². The van der Waals surface area contributed by atoms with Gasteiger partial charge < -0.3 is 0 Å². The Morgan fingerprint density at radius 1 is 0.593 bits per heavy atom. The van der Waals surface area contributed by atoms with Crippen molar-refractivity contribution >= 4 is 0 Å². The van der Waals surface area contributed by atoms with Gasteiger partial charge in [-0.3, -0.25) is 0 Å². The molecule has 4 atom stereocenters. The first kappa shape index (κ1) is 18.1. The zero-order chi connectivity index (χ0) is 19.3. The van der Waals surface area contributed by atoms with Crippen molar-refractivity contribution in [2.45, 2.75) is 0 Å². The lowest BCUT2D eigenvalue weighted by Crippen LogP contribution is -2.83. The Balaban J connectivity index is 1.73. The molecule has 0 aliphatic carbocycles. The van der Waals surface area contributed by atoms with E-state index in [-0.39, 0.29) is 10.8 Å². The molecular formula is C3H12N8O16+6. The molecule has 6 saturated heterocycles. The third-order valence-electron chi connectivity index (χ3n) is 2.74. The zero-order valence-corrected chi connectivity index (χ0v) is 13.2. The molecule has 0 saturated carbocycles. The lowest BCUT2D eigenvalue weighted by Gasteiger charge is -2.39. The second kappa shape index (κ2) is 4.96. The van der Waals surface area contributed by atoms with Gasteiger partial charge in [0.1, 0.15) is 7.11 Å². The van der Waals surface area contributed by atoms with Crippen LogP contribution in [0.15, 0.2) is 0 Å². The first-order valence-electron chi connectivity index (χ1n) is 6.47. The molecular weight excluding hydrogens is 404 g/mol. The number of quaternary nitrogens is 6. The number of nitrogens with zero attached hydrogens (tertiary/aromatic N) is 8. The molecule has 4 unspecified atom stereocenters. The minimum absolute atomic E-state index is 0.0259. The summed E-state index contributed by atoms with van der Waals surface area (Å²) < 4.78 is 0. The Hall–Kier alpha value is -0.960. The molecule has 0 aromatic rings. The SMILES string of the molecule is CO[N+]12ON3O[N+]4(C)ON5O[N+](C)(O3)O[N+](O)(O[N+](O)(O5)O[N+](O)(O4)O1)O2. The average molecular weight is 416 g/mol. The van der Waals surface area contributed by atoms with E-state index in [0.717, 1.165) is 21.2 Å². The highest BCUT2D eigenvalue weighted by Gasteiger charge is 2.88. The Kier molecular flexibility index (Phi) is 3.32. The quantitative estimate of drug-likeness (QED) is 0.360. The molecule has 8 bridgehead atoms. The van der Waals surface area contributed by atoms with Crippen molar-refractivity contribution in [3.63, 3.8) is 0 Å². The van der Waals surface area contributed by atoms with E-state index in [1.807, 2.05) is 0 Å². The van der Waals surface area contributed by atoms with Gasteiger partial charge in [0, 0.05) is 19.8 Å². The monoisotopic (exact) mass is 416 g/mol. The maximum atomic E-state index is 10.4. The lowest BCUT2D eigenvalue weighted by molar-refractivity contribution is -1.91. The largest absolute Gasteiger partial charge is 0.429 e. The first-order chi connectivity index (χ1) is 12.4. The Labute approximate surface area is 143 Å². The van der Waals surface area contributed by atoms with Gasteiger partial charge >= 0.3 is 20.5 Å². The molecule has 6 aliphatic heterocycles. The van der Waals surface area contributed by atoms with E-state index >= 15 is 0 Å². The van der Waals surface area contributed by atoms with Crippen LogP contribution in [0.25, 0.3) is 0 Å². The summed E-state index contributed by atoms with van der Waals surface area (Å²) in [5.41, 5.74) is 0. The summed E-state index contributed by atoms with van der Waals surface area (Å²) in [5.74, 6) is 0. The molecule has 3 N–H and O–H groups in total. The molecule has 24 nitrogen and oxygen atoms in total. The number of hydrogen-bond donors (Lipinski definition) is 3. The number of rotatable bonds is 1. The van der Waals surface area contributed by atoms with E-state index in [1.54, 1.807) is 0 Å². The Morgan fingerprint density at radius 3 is 1.48 bits per heavy atom. The van der Waals surface area contributed by atoms with Crippen LogP contribution in [0.2, 0.25) is 0 Å². The molecule has 0 radical (unpaired) electrons. The third kappa shape index (κ3) is 2.87. The fourth-order valence-electron chi connectivity index (χ4n) is 2.00. The summed E-state index contributed by atoms with van der Waals surface area (Å²) >= 11 is 0. The van der Waals surface area contributed by atoms with Crippen molar-refractivity contribution in [2.75, 3.05) is 21.2 Å². The highest BCUT2D eigenvalue weighted by atomic mass is 17.8. The average Bonchev–Trinajstić information content (AvgIpc) is 2.36. The van der Waals surface area contributed by atoms with Crippen LogP contribution in [-0.2, 0) is 64.1 Å². The van der Waals surface area contributed by atoms with E-state index in [9.17, 15) is 15.6 Å².